The predicted molar refractivity (Wildman–Crippen MR) is 99.9 cm³/mol. The van der Waals surface area contributed by atoms with Gasteiger partial charge >= 0.3 is 12.1 Å². The quantitative estimate of drug-likeness (QED) is 0.685. The number of ether oxygens (including phenoxy) is 1. The fraction of sp³-hybridized carbons (Fsp3) is 0.222. The van der Waals surface area contributed by atoms with Gasteiger partial charge in [-0.25, -0.2) is 13.2 Å². The van der Waals surface area contributed by atoms with Crippen molar-refractivity contribution in [3.05, 3.63) is 59.7 Å². The van der Waals surface area contributed by atoms with Crippen LogP contribution in [0, 0.1) is 0 Å². The van der Waals surface area contributed by atoms with Crippen LogP contribution < -0.4 is 10.0 Å². The minimum atomic E-state index is -4.50. The second kappa shape index (κ2) is 8.52. The summed E-state index contributed by atoms with van der Waals surface area (Å²) in [7, 11) is -3.65. The fourth-order valence-corrected chi connectivity index (χ4v) is 2.79. The number of carbonyl (C=O) groups excluding carboxylic acids is 2. The van der Waals surface area contributed by atoms with Crippen molar-refractivity contribution in [3.63, 3.8) is 0 Å². The molecule has 2 N–H and O–H groups in total. The maximum absolute atomic E-state index is 12.6. The van der Waals surface area contributed by atoms with Crippen LogP contribution >= 0.6 is 0 Å². The van der Waals surface area contributed by atoms with Gasteiger partial charge in [0, 0.05) is 5.69 Å². The van der Waals surface area contributed by atoms with Crippen molar-refractivity contribution in [1.29, 1.82) is 0 Å². The highest BCUT2D eigenvalue weighted by Crippen LogP contribution is 2.29. The smallest absolute Gasteiger partial charge is 0.416 e. The van der Waals surface area contributed by atoms with Crippen molar-refractivity contribution in [3.8, 4) is 0 Å². The molecule has 2 aromatic rings. The molecule has 0 bridgehead atoms. The Morgan fingerprint density at radius 2 is 1.62 bits per heavy atom. The molecule has 29 heavy (non-hydrogen) atoms. The van der Waals surface area contributed by atoms with Gasteiger partial charge in [0.1, 0.15) is 0 Å². The van der Waals surface area contributed by atoms with Gasteiger partial charge in [0.2, 0.25) is 10.0 Å². The van der Waals surface area contributed by atoms with Crippen LogP contribution in [0.15, 0.2) is 48.5 Å². The highest BCUT2D eigenvalue weighted by molar-refractivity contribution is 7.92. The second-order valence-corrected chi connectivity index (χ2v) is 7.78. The number of amides is 1. The summed E-state index contributed by atoms with van der Waals surface area (Å²) in [6, 6.07) is 9.41. The first-order chi connectivity index (χ1) is 13.4. The summed E-state index contributed by atoms with van der Waals surface area (Å²) in [5.74, 6) is -1.72. The zero-order valence-corrected chi connectivity index (χ0v) is 16.1. The van der Waals surface area contributed by atoms with Gasteiger partial charge < -0.3 is 10.1 Å². The van der Waals surface area contributed by atoms with Crippen LogP contribution in [-0.2, 0) is 25.7 Å². The number of para-hydroxylation sites is 1. The molecular weight excluding hydrogens is 413 g/mol. The maximum atomic E-state index is 12.6. The third-order valence-electron chi connectivity index (χ3n) is 3.58. The van der Waals surface area contributed by atoms with E-state index >= 15 is 0 Å². The molecule has 0 heterocycles. The average molecular weight is 430 g/mol. The normalized spacial score (nSPS) is 12.7. The van der Waals surface area contributed by atoms with Gasteiger partial charge in [-0.2, -0.15) is 13.2 Å². The van der Waals surface area contributed by atoms with Crippen LogP contribution in [0.5, 0.6) is 0 Å². The molecular formula is C18H17F3N2O5S. The van der Waals surface area contributed by atoms with E-state index < -0.39 is 39.7 Å². The number of halogens is 3. The highest BCUT2D eigenvalue weighted by Gasteiger charge is 2.30. The second-order valence-electron chi connectivity index (χ2n) is 6.03. The van der Waals surface area contributed by atoms with Crippen LogP contribution in [0.2, 0.25) is 0 Å². The molecule has 2 aromatic carbocycles. The van der Waals surface area contributed by atoms with Crippen LogP contribution in [0.1, 0.15) is 22.8 Å². The molecule has 0 fully saturated rings. The van der Waals surface area contributed by atoms with Crippen molar-refractivity contribution in [2.24, 2.45) is 0 Å². The van der Waals surface area contributed by atoms with Gasteiger partial charge in [-0.05, 0) is 43.3 Å². The lowest BCUT2D eigenvalue weighted by molar-refractivity contribution is -0.137. The Morgan fingerprint density at radius 3 is 2.17 bits per heavy atom. The molecule has 0 saturated carbocycles. The first-order valence-electron chi connectivity index (χ1n) is 8.13. The van der Waals surface area contributed by atoms with E-state index in [1.807, 2.05) is 0 Å². The number of hydrogen-bond donors (Lipinski definition) is 2. The van der Waals surface area contributed by atoms with E-state index in [4.69, 9.17) is 4.74 Å². The molecule has 0 radical (unpaired) electrons. The summed E-state index contributed by atoms with van der Waals surface area (Å²) in [6.07, 6.45) is -4.88. The Kier molecular flexibility index (Phi) is 6.52. The summed E-state index contributed by atoms with van der Waals surface area (Å²) in [4.78, 5) is 24.5. The molecule has 0 saturated heterocycles. The van der Waals surface area contributed by atoms with Gasteiger partial charge in [-0.1, -0.05) is 12.1 Å². The lowest BCUT2D eigenvalue weighted by Crippen LogP contribution is -2.30. The molecule has 2 rings (SSSR count). The Hall–Kier alpha value is -3.08. The van der Waals surface area contributed by atoms with Crippen molar-refractivity contribution in [2.45, 2.75) is 19.2 Å². The Morgan fingerprint density at radius 1 is 1.03 bits per heavy atom. The van der Waals surface area contributed by atoms with Gasteiger partial charge in [0.05, 0.1) is 23.1 Å². The van der Waals surface area contributed by atoms with Crippen molar-refractivity contribution >= 4 is 33.3 Å². The van der Waals surface area contributed by atoms with Gasteiger partial charge in [0.15, 0.2) is 6.10 Å². The number of esters is 1. The molecule has 0 aliphatic carbocycles. The summed E-state index contributed by atoms with van der Waals surface area (Å²) in [6.45, 7) is 1.27. The molecule has 1 amide bonds. The molecule has 1 unspecified atom stereocenters. The number of anilines is 2. The van der Waals surface area contributed by atoms with Gasteiger partial charge in [-0.3, -0.25) is 9.52 Å². The van der Waals surface area contributed by atoms with Gasteiger partial charge in [0.25, 0.3) is 5.91 Å². The van der Waals surface area contributed by atoms with E-state index in [1.54, 1.807) is 0 Å². The molecule has 0 aromatic heterocycles. The molecule has 1 atom stereocenters. The minimum absolute atomic E-state index is 0.0182. The average Bonchev–Trinajstić information content (AvgIpc) is 2.60. The first-order valence-corrected chi connectivity index (χ1v) is 10.0. The van der Waals surface area contributed by atoms with Crippen LogP contribution in [0.4, 0.5) is 24.5 Å². The first kappa shape index (κ1) is 22.2. The fourth-order valence-electron chi connectivity index (χ4n) is 2.21. The number of benzene rings is 2. The molecule has 11 heteroatoms. The lowest BCUT2D eigenvalue weighted by Gasteiger charge is -2.15. The third-order valence-corrected chi connectivity index (χ3v) is 4.17. The van der Waals surface area contributed by atoms with Crippen molar-refractivity contribution < 1.29 is 35.9 Å². The molecule has 156 valence electrons. The lowest BCUT2D eigenvalue weighted by atomic mass is 10.2. The van der Waals surface area contributed by atoms with E-state index in [9.17, 15) is 31.2 Å². The van der Waals surface area contributed by atoms with E-state index in [0.717, 1.165) is 30.5 Å². The molecule has 0 spiro atoms. The monoisotopic (exact) mass is 430 g/mol. The molecule has 0 aliphatic rings. The number of hydrogen-bond acceptors (Lipinski definition) is 5. The number of nitrogens with one attached hydrogen (secondary N) is 2. The van der Waals surface area contributed by atoms with Crippen LogP contribution in [0.25, 0.3) is 0 Å². The summed E-state index contributed by atoms with van der Waals surface area (Å²) in [5, 5.41) is 2.34. The zero-order chi connectivity index (χ0) is 21.8. The number of rotatable bonds is 6. The number of alkyl halides is 3. The SMILES string of the molecule is CC(OC(=O)c1ccccc1NS(C)(=O)=O)C(=O)Nc1ccc(C(F)(F)F)cc1. The predicted octanol–water partition coefficient (Wildman–Crippen LogP) is 3.26. The van der Waals surface area contributed by atoms with E-state index in [2.05, 4.69) is 10.0 Å². The third kappa shape index (κ3) is 6.49. The molecule has 7 nitrogen and oxygen atoms in total. The maximum Gasteiger partial charge on any atom is 0.416 e. The van der Waals surface area contributed by atoms with Gasteiger partial charge in [-0.15, -0.1) is 0 Å². The van der Waals surface area contributed by atoms with E-state index in [1.165, 1.54) is 31.2 Å². The largest absolute Gasteiger partial charge is 0.449 e. The topological polar surface area (TPSA) is 102 Å². The number of sulfonamides is 1. The Labute approximate surface area is 164 Å². The van der Waals surface area contributed by atoms with Crippen LogP contribution in [-0.4, -0.2) is 32.7 Å². The van der Waals surface area contributed by atoms with Crippen LogP contribution in [0.3, 0.4) is 0 Å². The minimum Gasteiger partial charge on any atom is -0.449 e. The summed E-state index contributed by atoms with van der Waals surface area (Å²) < 4.78 is 67.7. The summed E-state index contributed by atoms with van der Waals surface area (Å²) >= 11 is 0. The Bertz CT molecular complexity index is 1000. The number of carbonyl (C=O) groups is 2. The van der Waals surface area contributed by atoms with E-state index in [-0.39, 0.29) is 16.9 Å². The molecule has 0 aliphatic heterocycles. The standard InChI is InChI=1S/C18H17F3N2O5S/c1-11(16(24)22-13-9-7-12(8-10-13)18(19,20)21)28-17(25)14-5-3-4-6-15(14)23-29(2,26)27/h3-11,23H,1-2H3,(H,22,24). The van der Waals surface area contributed by atoms with Crippen molar-refractivity contribution in [1.82, 2.24) is 0 Å². The summed E-state index contributed by atoms with van der Waals surface area (Å²) in [5.41, 5.74) is -0.905. The van der Waals surface area contributed by atoms with Crippen molar-refractivity contribution in [2.75, 3.05) is 16.3 Å². The Balaban J connectivity index is 2.05. The highest BCUT2D eigenvalue weighted by atomic mass is 32.2. The van der Waals surface area contributed by atoms with E-state index in [0.29, 0.717) is 0 Å². The zero-order valence-electron chi connectivity index (χ0n) is 15.3.